The van der Waals surface area contributed by atoms with E-state index in [4.69, 9.17) is 9.94 Å². The SMILES string of the molecule is CC(C)(C)ON(C=O)CC1CCC(C(=O)N2CCN(C(=O)O)CC2)CC1. The zero-order valence-electron chi connectivity index (χ0n) is 16.0. The zero-order valence-corrected chi connectivity index (χ0v) is 16.0. The summed E-state index contributed by atoms with van der Waals surface area (Å²) in [7, 11) is 0. The third-order valence-corrected chi connectivity index (χ3v) is 5.00. The number of carbonyl (C=O) groups excluding carboxylic acids is 2. The average Bonchev–Trinajstić information content (AvgIpc) is 2.60. The predicted octanol–water partition coefficient (Wildman–Crippen LogP) is 1.80. The molecule has 1 saturated carbocycles. The number of carbonyl (C=O) groups is 3. The number of rotatable bonds is 5. The molecule has 0 radical (unpaired) electrons. The first-order chi connectivity index (χ1) is 12.2. The molecule has 8 heteroatoms. The molecule has 0 atom stereocenters. The van der Waals surface area contributed by atoms with Gasteiger partial charge in [-0.15, -0.1) is 0 Å². The predicted molar refractivity (Wildman–Crippen MR) is 95.2 cm³/mol. The topological polar surface area (TPSA) is 90.4 Å². The van der Waals surface area contributed by atoms with Crippen LogP contribution in [0.4, 0.5) is 4.79 Å². The molecule has 0 unspecified atom stereocenters. The minimum absolute atomic E-state index is 0.0100. The van der Waals surface area contributed by atoms with Crippen LogP contribution in [0.25, 0.3) is 0 Å². The van der Waals surface area contributed by atoms with Crippen LogP contribution in [0.3, 0.4) is 0 Å². The molecule has 2 fully saturated rings. The van der Waals surface area contributed by atoms with E-state index < -0.39 is 11.7 Å². The Morgan fingerprint density at radius 3 is 2.08 bits per heavy atom. The van der Waals surface area contributed by atoms with Crippen molar-refractivity contribution in [1.29, 1.82) is 0 Å². The van der Waals surface area contributed by atoms with Crippen molar-refractivity contribution in [3.8, 4) is 0 Å². The maximum atomic E-state index is 12.7. The lowest BCUT2D eigenvalue weighted by Crippen LogP contribution is -2.52. The van der Waals surface area contributed by atoms with E-state index in [1.807, 2.05) is 20.8 Å². The third kappa shape index (κ3) is 5.86. The Hall–Kier alpha value is -1.83. The molecule has 0 aromatic rings. The fourth-order valence-electron chi connectivity index (χ4n) is 3.68. The molecule has 2 aliphatic rings. The monoisotopic (exact) mass is 369 g/mol. The van der Waals surface area contributed by atoms with Crippen molar-refractivity contribution in [2.45, 2.75) is 52.1 Å². The van der Waals surface area contributed by atoms with Gasteiger partial charge in [0, 0.05) is 32.1 Å². The van der Waals surface area contributed by atoms with Gasteiger partial charge in [-0.1, -0.05) is 0 Å². The van der Waals surface area contributed by atoms with Crippen LogP contribution in [0.5, 0.6) is 0 Å². The second kappa shape index (κ2) is 8.70. The van der Waals surface area contributed by atoms with Gasteiger partial charge in [0.2, 0.25) is 12.3 Å². The largest absolute Gasteiger partial charge is 0.465 e. The van der Waals surface area contributed by atoms with Crippen LogP contribution in [0, 0.1) is 11.8 Å². The summed E-state index contributed by atoms with van der Waals surface area (Å²) in [6, 6.07) is 0. The zero-order chi connectivity index (χ0) is 19.3. The molecule has 0 spiro atoms. The second-order valence-electron chi connectivity index (χ2n) is 8.22. The molecule has 1 N–H and O–H groups in total. The summed E-state index contributed by atoms with van der Waals surface area (Å²) in [4.78, 5) is 43.6. The van der Waals surface area contributed by atoms with E-state index in [2.05, 4.69) is 0 Å². The lowest BCUT2D eigenvalue weighted by Gasteiger charge is -2.37. The number of hydroxylamine groups is 2. The molecule has 1 heterocycles. The number of hydrogen-bond donors (Lipinski definition) is 1. The van der Waals surface area contributed by atoms with Crippen molar-refractivity contribution in [3.63, 3.8) is 0 Å². The maximum Gasteiger partial charge on any atom is 0.407 e. The number of amides is 3. The number of nitrogens with zero attached hydrogens (tertiary/aromatic N) is 3. The van der Waals surface area contributed by atoms with Crippen LogP contribution in [0.2, 0.25) is 0 Å². The maximum absolute atomic E-state index is 12.7. The number of piperazine rings is 1. The van der Waals surface area contributed by atoms with Gasteiger partial charge >= 0.3 is 6.09 Å². The van der Waals surface area contributed by atoms with E-state index in [1.165, 1.54) is 9.96 Å². The molecule has 0 aromatic heterocycles. The van der Waals surface area contributed by atoms with E-state index in [0.717, 1.165) is 32.1 Å². The molecule has 1 aliphatic carbocycles. The van der Waals surface area contributed by atoms with Crippen molar-refractivity contribution in [1.82, 2.24) is 14.9 Å². The van der Waals surface area contributed by atoms with Crippen LogP contribution in [0.15, 0.2) is 0 Å². The van der Waals surface area contributed by atoms with Gasteiger partial charge in [0.1, 0.15) is 0 Å². The highest BCUT2D eigenvalue weighted by Crippen LogP contribution is 2.31. The molecule has 2 rings (SSSR count). The van der Waals surface area contributed by atoms with Gasteiger partial charge < -0.3 is 14.9 Å². The Balaban J connectivity index is 1.76. The van der Waals surface area contributed by atoms with E-state index in [9.17, 15) is 14.4 Å². The Bertz CT molecular complexity index is 503. The van der Waals surface area contributed by atoms with Gasteiger partial charge in [0.25, 0.3) is 0 Å². The normalized spacial score (nSPS) is 24.3. The molecular formula is C18H31N3O5. The van der Waals surface area contributed by atoms with Crippen LogP contribution >= 0.6 is 0 Å². The summed E-state index contributed by atoms with van der Waals surface area (Å²) in [6.07, 6.45) is 3.21. The quantitative estimate of drug-likeness (QED) is 0.589. The van der Waals surface area contributed by atoms with E-state index in [1.54, 1.807) is 4.90 Å². The van der Waals surface area contributed by atoms with Crippen LogP contribution in [-0.4, -0.2) is 76.7 Å². The van der Waals surface area contributed by atoms with Crippen molar-refractivity contribution >= 4 is 18.4 Å². The molecule has 0 aromatic carbocycles. The first-order valence-electron chi connectivity index (χ1n) is 9.37. The van der Waals surface area contributed by atoms with Crippen LogP contribution < -0.4 is 0 Å². The fourth-order valence-corrected chi connectivity index (χ4v) is 3.68. The highest BCUT2D eigenvalue weighted by molar-refractivity contribution is 5.79. The van der Waals surface area contributed by atoms with E-state index in [-0.39, 0.29) is 11.8 Å². The summed E-state index contributed by atoms with van der Waals surface area (Å²) in [5.74, 6) is 0.498. The average molecular weight is 369 g/mol. The summed E-state index contributed by atoms with van der Waals surface area (Å²) < 4.78 is 0. The number of hydrogen-bond acceptors (Lipinski definition) is 4. The Morgan fingerprint density at radius 1 is 1.08 bits per heavy atom. The van der Waals surface area contributed by atoms with Gasteiger partial charge in [-0.25, -0.2) is 9.86 Å². The highest BCUT2D eigenvalue weighted by Gasteiger charge is 2.32. The molecule has 26 heavy (non-hydrogen) atoms. The van der Waals surface area contributed by atoms with Crippen molar-refractivity contribution < 1.29 is 24.3 Å². The summed E-state index contributed by atoms with van der Waals surface area (Å²) in [5.41, 5.74) is -0.411. The summed E-state index contributed by atoms with van der Waals surface area (Å²) >= 11 is 0. The fraction of sp³-hybridized carbons (Fsp3) is 0.833. The lowest BCUT2D eigenvalue weighted by molar-refractivity contribution is -0.220. The van der Waals surface area contributed by atoms with Gasteiger partial charge in [0.15, 0.2) is 0 Å². The van der Waals surface area contributed by atoms with Crippen LogP contribution in [-0.2, 0) is 14.4 Å². The Labute approximate surface area is 155 Å². The third-order valence-electron chi connectivity index (χ3n) is 5.00. The van der Waals surface area contributed by atoms with Crippen molar-refractivity contribution in [2.24, 2.45) is 11.8 Å². The first kappa shape index (κ1) is 20.5. The standard InChI is InChI=1S/C18H31N3O5/c1-18(2,3)26-21(13-22)12-14-4-6-15(7-5-14)16(23)19-8-10-20(11-9-19)17(24)25/h13-15H,4-12H2,1-3H3,(H,24,25). The van der Waals surface area contributed by atoms with E-state index >= 15 is 0 Å². The minimum Gasteiger partial charge on any atom is -0.465 e. The van der Waals surface area contributed by atoms with Gasteiger partial charge in [0.05, 0.1) is 12.1 Å². The van der Waals surface area contributed by atoms with Crippen molar-refractivity contribution in [3.05, 3.63) is 0 Å². The molecule has 1 aliphatic heterocycles. The summed E-state index contributed by atoms with van der Waals surface area (Å²) in [5, 5.41) is 10.4. The number of carboxylic acid groups (broad SMARTS) is 1. The molecule has 1 saturated heterocycles. The van der Waals surface area contributed by atoms with Gasteiger partial charge in [-0.3, -0.25) is 14.4 Å². The second-order valence-corrected chi connectivity index (χ2v) is 8.22. The van der Waals surface area contributed by atoms with Gasteiger partial charge in [-0.2, -0.15) is 0 Å². The highest BCUT2D eigenvalue weighted by atomic mass is 16.7. The minimum atomic E-state index is -0.921. The molecule has 0 bridgehead atoms. The lowest BCUT2D eigenvalue weighted by atomic mass is 9.81. The van der Waals surface area contributed by atoms with Crippen LogP contribution in [0.1, 0.15) is 46.5 Å². The molecule has 3 amide bonds. The molecule has 8 nitrogen and oxygen atoms in total. The van der Waals surface area contributed by atoms with Crippen molar-refractivity contribution in [2.75, 3.05) is 32.7 Å². The van der Waals surface area contributed by atoms with E-state index in [0.29, 0.717) is 38.6 Å². The first-order valence-corrected chi connectivity index (χ1v) is 9.37. The Morgan fingerprint density at radius 2 is 1.62 bits per heavy atom. The molecular weight excluding hydrogens is 338 g/mol. The Kier molecular flexibility index (Phi) is 6.86. The smallest absolute Gasteiger partial charge is 0.407 e. The van der Waals surface area contributed by atoms with Gasteiger partial charge in [-0.05, 0) is 52.4 Å². The molecule has 148 valence electrons. The summed E-state index contributed by atoms with van der Waals surface area (Å²) in [6.45, 7) is 7.99.